The van der Waals surface area contributed by atoms with E-state index >= 15 is 0 Å². The number of rotatable bonds is 17. The van der Waals surface area contributed by atoms with Crippen molar-refractivity contribution in [2.24, 2.45) is 11.8 Å². The molecule has 0 saturated heterocycles. The first-order valence-corrected chi connectivity index (χ1v) is 12.2. The number of ether oxygens (including phenoxy) is 1. The second-order valence-electron chi connectivity index (χ2n) is 8.57. The van der Waals surface area contributed by atoms with E-state index in [9.17, 15) is 14.7 Å². The summed E-state index contributed by atoms with van der Waals surface area (Å²) in [5.41, 5.74) is 0. The van der Waals surface area contributed by atoms with Gasteiger partial charge in [0.05, 0.1) is 12.5 Å². The van der Waals surface area contributed by atoms with E-state index < -0.39 is 17.8 Å². The minimum absolute atomic E-state index is 0. The molecule has 0 amide bonds. The van der Waals surface area contributed by atoms with Gasteiger partial charge in [-0.05, 0) is 51.4 Å². The van der Waals surface area contributed by atoms with Crippen LogP contribution in [0.5, 0.6) is 0 Å². The zero-order valence-corrected chi connectivity index (χ0v) is 21.7. The summed E-state index contributed by atoms with van der Waals surface area (Å²) in [6.07, 6.45) is 23.7. The van der Waals surface area contributed by atoms with E-state index in [4.69, 9.17) is 4.74 Å². The van der Waals surface area contributed by atoms with Crippen molar-refractivity contribution < 1.29 is 49.0 Å². The number of carbonyl (C=O) groups is 2. The molecule has 168 valence electrons. The zero-order valence-electron chi connectivity index (χ0n) is 19.7. The van der Waals surface area contributed by atoms with Crippen LogP contribution in [0.3, 0.4) is 0 Å². The van der Waals surface area contributed by atoms with E-state index in [0.29, 0.717) is 19.4 Å². The number of unbranched alkanes of at least 4 members (excludes halogenated alkanes) is 11. The molecule has 0 aromatic rings. The van der Waals surface area contributed by atoms with Gasteiger partial charge in [0.15, 0.2) is 0 Å². The van der Waals surface area contributed by atoms with Crippen LogP contribution < -0.4 is 34.7 Å². The Hall–Kier alpha value is -0.320. The Balaban J connectivity index is 0.00000841. The van der Waals surface area contributed by atoms with Crippen molar-refractivity contribution in [3.63, 3.8) is 0 Å². The normalized spacial score (nSPS) is 18.8. The SMILES string of the molecule is CCCCCCCCCC/C=C/CCCCCOC(=O)C1CCCCC1C(=O)[O-].[Na+]. The van der Waals surface area contributed by atoms with Crippen LogP contribution >= 0.6 is 0 Å². The first-order chi connectivity index (χ1) is 14.2. The van der Waals surface area contributed by atoms with Crippen molar-refractivity contribution >= 4 is 11.9 Å². The molecule has 0 aromatic heterocycles. The number of hydrogen-bond donors (Lipinski definition) is 0. The van der Waals surface area contributed by atoms with Gasteiger partial charge in [0, 0.05) is 11.9 Å². The number of esters is 1. The second-order valence-corrected chi connectivity index (χ2v) is 8.57. The Labute approximate surface area is 206 Å². The summed E-state index contributed by atoms with van der Waals surface area (Å²) in [7, 11) is 0. The van der Waals surface area contributed by atoms with Crippen molar-refractivity contribution in [1.82, 2.24) is 0 Å². The third-order valence-electron chi connectivity index (χ3n) is 6.02. The maximum absolute atomic E-state index is 12.1. The number of carboxylic acids is 1. The fraction of sp³-hybridized carbons (Fsp3) is 0.840. The summed E-state index contributed by atoms with van der Waals surface area (Å²) in [5.74, 6) is -2.62. The summed E-state index contributed by atoms with van der Waals surface area (Å²) in [5, 5.41) is 11.2. The van der Waals surface area contributed by atoms with Crippen molar-refractivity contribution in [2.45, 2.75) is 116 Å². The minimum atomic E-state index is -1.11. The molecule has 1 rings (SSSR count). The molecule has 2 atom stereocenters. The first kappa shape index (κ1) is 29.7. The van der Waals surface area contributed by atoms with Crippen LogP contribution in [0.25, 0.3) is 0 Å². The topological polar surface area (TPSA) is 66.4 Å². The Morgan fingerprint density at radius 2 is 1.30 bits per heavy atom. The monoisotopic (exact) mass is 430 g/mol. The van der Waals surface area contributed by atoms with Gasteiger partial charge in [-0.1, -0.05) is 76.9 Å². The number of aliphatic carboxylic acids is 1. The minimum Gasteiger partial charge on any atom is -0.550 e. The molecule has 4 nitrogen and oxygen atoms in total. The molecular formula is C25H43NaO4. The molecule has 2 unspecified atom stereocenters. The zero-order chi connectivity index (χ0) is 21.2. The van der Waals surface area contributed by atoms with Gasteiger partial charge in [0.25, 0.3) is 0 Å². The summed E-state index contributed by atoms with van der Waals surface area (Å²) < 4.78 is 5.33. The van der Waals surface area contributed by atoms with Gasteiger partial charge in [0.2, 0.25) is 0 Å². The summed E-state index contributed by atoms with van der Waals surface area (Å²) >= 11 is 0. The van der Waals surface area contributed by atoms with Crippen LogP contribution in [0, 0.1) is 11.8 Å². The van der Waals surface area contributed by atoms with Crippen LogP contribution in [-0.2, 0) is 14.3 Å². The van der Waals surface area contributed by atoms with E-state index in [1.54, 1.807) is 0 Å². The van der Waals surface area contributed by atoms with Gasteiger partial charge in [0.1, 0.15) is 0 Å². The first-order valence-electron chi connectivity index (χ1n) is 12.2. The average molecular weight is 431 g/mol. The molecule has 0 bridgehead atoms. The molecule has 1 aliphatic rings. The number of hydrogen-bond acceptors (Lipinski definition) is 4. The molecule has 1 fully saturated rings. The van der Waals surface area contributed by atoms with Crippen molar-refractivity contribution in [3.8, 4) is 0 Å². The fourth-order valence-corrected chi connectivity index (χ4v) is 4.15. The van der Waals surface area contributed by atoms with Crippen LogP contribution in [0.4, 0.5) is 0 Å². The fourth-order valence-electron chi connectivity index (χ4n) is 4.15. The molecule has 5 heteroatoms. The maximum atomic E-state index is 12.1. The van der Waals surface area contributed by atoms with Gasteiger partial charge < -0.3 is 14.6 Å². The molecule has 0 radical (unpaired) electrons. The molecule has 1 saturated carbocycles. The van der Waals surface area contributed by atoms with E-state index in [0.717, 1.165) is 38.5 Å². The molecule has 0 heterocycles. The van der Waals surface area contributed by atoms with Crippen LogP contribution in [0.1, 0.15) is 116 Å². The molecule has 30 heavy (non-hydrogen) atoms. The van der Waals surface area contributed by atoms with Crippen molar-refractivity contribution in [1.29, 1.82) is 0 Å². The van der Waals surface area contributed by atoms with Crippen LogP contribution in [0.15, 0.2) is 12.2 Å². The Kier molecular flexibility index (Phi) is 20.4. The molecule has 0 spiro atoms. The summed E-state index contributed by atoms with van der Waals surface area (Å²) in [4.78, 5) is 23.3. The largest absolute Gasteiger partial charge is 1.00 e. The predicted octanol–water partition coefficient (Wildman–Crippen LogP) is 2.74. The Morgan fingerprint density at radius 1 is 0.800 bits per heavy atom. The van der Waals surface area contributed by atoms with Gasteiger partial charge in [-0.2, -0.15) is 0 Å². The van der Waals surface area contributed by atoms with Crippen molar-refractivity contribution in [2.75, 3.05) is 6.61 Å². The Bertz CT molecular complexity index is 464. The Morgan fingerprint density at radius 3 is 1.87 bits per heavy atom. The number of allylic oxidation sites excluding steroid dienone is 2. The standard InChI is InChI=1S/C25H44O4.Na/c1-2-3-4-5-6-7-8-9-10-11-12-13-14-15-18-21-29-25(28)23-20-17-16-19-22(23)24(26)27;/h11-12,22-23H,2-10,13-21H2,1H3,(H,26,27);/q;+1/p-1/b12-11+;. The van der Waals surface area contributed by atoms with Crippen LogP contribution in [0.2, 0.25) is 0 Å². The van der Waals surface area contributed by atoms with E-state index in [2.05, 4.69) is 19.1 Å². The number of carboxylic acid groups (broad SMARTS) is 1. The third-order valence-corrected chi connectivity index (χ3v) is 6.02. The van der Waals surface area contributed by atoms with E-state index in [1.807, 2.05) is 0 Å². The average Bonchev–Trinajstić information content (AvgIpc) is 2.73. The van der Waals surface area contributed by atoms with Gasteiger partial charge in [-0.15, -0.1) is 0 Å². The summed E-state index contributed by atoms with van der Waals surface area (Å²) in [6.45, 7) is 2.66. The van der Waals surface area contributed by atoms with Gasteiger partial charge >= 0.3 is 35.5 Å². The molecule has 0 aromatic carbocycles. The molecule has 1 aliphatic carbocycles. The summed E-state index contributed by atoms with van der Waals surface area (Å²) in [6, 6.07) is 0. The number of carbonyl (C=O) groups excluding carboxylic acids is 2. The van der Waals surface area contributed by atoms with Gasteiger partial charge in [-0.25, -0.2) is 0 Å². The maximum Gasteiger partial charge on any atom is 1.00 e. The van der Waals surface area contributed by atoms with Crippen molar-refractivity contribution in [3.05, 3.63) is 12.2 Å². The quantitative estimate of drug-likeness (QED) is 0.154. The van der Waals surface area contributed by atoms with E-state index in [-0.39, 0.29) is 35.5 Å². The van der Waals surface area contributed by atoms with Gasteiger partial charge in [-0.3, -0.25) is 4.79 Å². The predicted molar refractivity (Wildman–Crippen MR) is 116 cm³/mol. The molecule has 0 N–H and O–H groups in total. The smallest absolute Gasteiger partial charge is 0.550 e. The third kappa shape index (κ3) is 14.6. The molecular weight excluding hydrogens is 387 g/mol. The molecule has 0 aliphatic heterocycles. The second kappa shape index (κ2) is 20.6. The van der Waals surface area contributed by atoms with E-state index in [1.165, 1.54) is 57.8 Å². The van der Waals surface area contributed by atoms with Crippen LogP contribution in [-0.4, -0.2) is 18.5 Å².